The molecule has 0 bridgehead atoms. The molecule has 0 radical (unpaired) electrons. The maximum Gasteiger partial charge on any atom is 0.340 e. The van der Waals surface area contributed by atoms with Crippen LogP contribution < -0.4 is 0 Å². The van der Waals surface area contributed by atoms with Gasteiger partial charge in [0.15, 0.2) is 0 Å². The van der Waals surface area contributed by atoms with E-state index in [-0.39, 0.29) is 46.8 Å². The number of methoxy groups -OCH3 is 1. The summed E-state index contributed by atoms with van der Waals surface area (Å²) in [5.41, 5.74) is 3.35. The lowest BCUT2D eigenvalue weighted by atomic mass is 10.1. The highest BCUT2D eigenvalue weighted by Gasteiger charge is 2.40. The Balaban J connectivity index is 1.47. The molecule has 8 nitrogen and oxygen atoms in total. The predicted octanol–water partition coefficient (Wildman–Crippen LogP) is 7.07. The first kappa shape index (κ1) is 32.0. The van der Waals surface area contributed by atoms with Crippen molar-refractivity contribution in [3.05, 3.63) is 141 Å². The summed E-state index contributed by atoms with van der Waals surface area (Å²) in [5.74, 6) is -0.365. The number of hydrogen-bond acceptors (Lipinski definition) is 6. The molecule has 0 aliphatic carbocycles. The number of nitrogens with zero attached hydrogens (tertiary/aromatic N) is 2. The number of sulfonamides is 1. The largest absolute Gasteiger partial charge is 0.465 e. The van der Waals surface area contributed by atoms with Gasteiger partial charge in [0.05, 0.1) is 35.7 Å². The molecule has 0 fully saturated rings. The molecule has 2 heterocycles. The summed E-state index contributed by atoms with van der Waals surface area (Å²) in [5, 5.41) is 0.546. The molecule has 1 amide bonds. The first-order valence-corrected chi connectivity index (χ1v) is 16.1. The zero-order chi connectivity index (χ0) is 32.3. The summed E-state index contributed by atoms with van der Waals surface area (Å²) in [7, 11) is -2.66. The van der Waals surface area contributed by atoms with Crippen molar-refractivity contribution in [2.75, 3.05) is 7.11 Å². The maximum absolute atomic E-state index is 13.8. The van der Waals surface area contributed by atoms with Crippen molar-refractivity contribution in [3.63, 3.8) is 0 Å². The number of halogens is 1. The van der Waals surface area contributed by atoms with Crippen LogP contribution in [0.1, 0.15) is 48.1 Å². The number of allylic oxidation sites excluding steroid dienone is 1. The third kappa shape index (κ3) is 6.81. The second kappa shape index (κ2) is 13.3. The fourth-order valence-corrected chi connectivity index (χ4v) is 6.82. The van der Waals surface area contributed by atoms with E-state index >= 15 is 0 Å². The zero-order valence-corrected chi connectivity index (χ0v) is 26.9. The quantitative estimate of drug-likeness (QED) is 0.135. The Bertz CT molecular complexity index is 1880. The lowest BCUT2D eigenvalue weighted by Gasteiger charge is -2.26. The lowest BCUT2D eigenvalue weighted by Crippen LogP contribution is -2.30. The Morgan fingerprint density at radius 3 is 2.27 bits per heavy atom. The third-order valence-corrected chi connectivity index (χ3v) is 9.79. The molecule has 0 saturated carbocycles. The van der Waals surface area contributed by atoms with E-state index in [1.807, 2.05) is 44.2 Å². The SMILES string of the molecule is COC(=O)C1=C(C)N([C@@H](C)c2ccccc2)C(=O)/C1=C/c1ccc(CN(Cc2ccc(Cl)cc2)S(=O)(=O)c2ccc(C)cc2)o1. The van der Waals surface area contributed by atoms with Crippen LogP contribution in [0.25, 0.3) is 6.08 Å². The molecule has 1 aliphatic rings. The molecular weight excluding hydrogens is 612 g/mol. The van der Waals surface area contributed by atoms with Crippen LogP contribution >= 0.6 is 11.6 Å². The standard InChI is InChI=1S/C35H33ClN2O6S/c1-23-10-18-31(19-11-23)45(41,42)37(21-26-12-14-28(36)15-13-26)22-30-17-16-29(44-30)20-32-33(35(40)43-4)25(3)38(34(32)39)24(2)27-8-6-5-7-9-27/h5-20,24H,21-22H2,1-4H3/b32-20+/t24-/m0/s1. The minimum absolute atomic E-state index is 0.0732. The molecule has 0 saturated heterocycles. The van der Waals surface area contributed by atoms with Crippen molar-refractivity contribution in [1.82, 2.24) is 9.21 Å². The molecule has 0 unspecified atom stereocenters. The Labute approximate surface area is 268 Å². The summed E-state index contributed by atoms with van der Waals surface area (Å²) in [6.45, 7) is 5.49. The fraction of sp³-hybridized carbons (Fsp3) is 0.200. The van der Waals surface area contributed by atoms with E-state index in [1.165, 1.54) is 17.5 Å². The molecule has 10 heteroatoms. The first-order chi connectivity index (χ1) is 21.5. The average molecular weight is 645 g/mol. The van der Waals surface area contributed by atoms with Gasteiger partial charge < -0.3 is 14.1 Å². The summed E-state index contributed by atoms with van der Waals surface area (Å²) < 4.78 is 40.0. The van der Waals surface area contributed by atoms with Crippen molar-refractivity contribution in [2.24, 2.45) is 0 Å². The molecule has 45 heavy (non-hydrogen) atoms. The molecule has 3 aromatic carbocycles. The van der Waals surface area contributed by atoms with Crippen LogP contribution in [0.3, 0.4) is 0 Å². The highest BCUT2D eigenvalue weighted by molar-refractivity contribution is 7.89. The van der Waals surface area contributed by atoms with E-state index in [4.69, 9.17) is 20.8 Å². The van der Waals surface area contributed by atoms with E-state index in [0.29, 0.717) is 16.5 Å². The van der Waals surface area contributed by atoms with Gasteiger partial charge in [0.25, 0.3) is 5.91 Å². The second-order valence-corrected chi connectivity index (χ2v) is 13.2. The van der Waals surface area contributed by atoms with Gasteiger partial charge in [-0.25, -0.2) is 13.2 Å². The van der Waals surface area contributed by atoms with Gasteiger partial charge in [0.1, 0.15) is 11.5 Å². The van der Waals surface area contributed by atoms with Crippen molar-refractivity contribution in [3.8, 4) is 0 Å². The number of esters is 1. The van der Waals surface area contributed by atoms with E-state index in [9.17, 15) is 18.0 Å². The van der Waals surface area contributed by atoms with Crippen LogP contribution in [0.2, 0.25) is 5.02 Å². The maximum atomic E-state index is 13.8. The van der Waals surface area contributed by atoms with Gasteiger partial charge in [-0.1, -0.05) is 71.8 Å². The van der Waals surface area contributed by atoms with Crippen molar-refractivity contribution in [2.45, 2.75) is 44.8 Å². The first-order valence-electron chi connectivity index (χ1n) is 14.3. The summed E-state index contributed by atoms with van der Waals surface area (Å²) in [4.78, 5) is 28.4. The molecule has 1 atom stereocenters. The van der Waals surface area contributed by atoms with Crippen molar-refractivity contribution >= 4 is 39.6 Å². The number of carbonyl (C=O) groups is 2. The molecule has 1 aliphatic heterocycles. The van der Waals surface area contributed by atoms with Crippen LogP contribution in [0.5, 0.6) is 0 Å². The zero-order valence-electron chi connectivity index (χ0n) is 25.4. The minimum Gasteiger partial charge on any atom is -0.465 e. The summed E-state index contributed by atoms with van der Waals surface area (Å²) in [6.07, 6.45) is 1.50. The third-order valence-electron chi connectivity index (χ3n) is 7.73. The lowest BCUT2D eigenvalue weighted by molar-refractivity contribution is -0.136. The van der Waals surface area contributed by atoms with Gasteiger partial charge in [-0.3, -0.25) is 4.79 Å². The summed E-state index contributed by atoms with van der Waals surface area (Å²) in [6, 6.07) is 26.1. The highest BCUT2D eigenvalue weighted by Crippen LogP contribution is 2.38. The normalized spacial score (nSPS) is 15.3. The molecular formula is C35H33ClN2O6S. The smallest absolute Gasteiger partial charge is 0.340 e. The van der Waals surface area contributed by atoms with Crippen LogP contribution in [-0.4, -0.2) is 36.6 Å². The number of hydrogen-bond donors (Lipinski definition) is 0. The Morgan fingerprint density at radius 2 is 1.62 bits per heavy atom. The van der Waals surface area contributed by atoms with Gasteiger partial charge in [-0.2, -0.15) is 4.31 Å². The van der Waals surface area contributed by atoms with E-state index in [1.54, 1.807) is 72.5 Å². The molecule has 0 spiro atoms. The van der Waals surface area contributed by atoms with Crippen molar-refractivity contribution < 1.29 is 27.2 Å². The van der Waals surface area contributed by atoms with E-state index < -0.39 is 16.0 Å². The Hall–Kier alpha value is -4.44. The molecule has 5 rings (SSSR count). The van der Waals surface area contributed by atoms with E-state index in [2.05, 4.69) is 0 Å². The Kier molecular flexibility index (Phi) is 9.43. The number of benzene rings is 3. The van der Waals surface area contributed by atoms with Crippen LogP contribution in [-0.2, 0) is 37.4 Å². The number of carbonyl (C=O) groups excluding carboxylic acids is 2. The molecule has 1 aromatic heterocycles. The van der Waals surface area contributed by atoms with Gasteiger partial charge >= 0.3 is 5.97 Å². The van der Waals surface area contributed by atoms with Gasteiger partial charge in [-0.15, -0.1) is 0 Å². The van der Waals surface area contributed by atoms with Crippen LogP contribution in [0.15, 0.2) is 117 Å². The summed E-state index contributed by atoms with van der Waals surface area (Å²) >= 11 is 6.06. The molecule has 0 N–H and O–H groups in total. The van der Waals surface area contributed by atoms with Crippen LogP contribution in [0.4, 0.5) is 0 Å². The Morgan fingerprint density at radius 1 is 0.956 bits per heavy atom. The second-order valence-electron chi connectivity index (χ2n) is 10.8. The topological polar surface area (TPSA) is 97.1 Å². The minimum atomic E-state index is -3.92. The monoisotopic (exact) mass is 644 g/mol. The number of ether oxygens (including phenoxy) is 1. The molecule has 232 valence electrons. The average Bonchev–Trinajstić information content (AvgIpc) is 3.58. The number of furan rings is 1. The van der Waals surface area contributed by atoms with Gasteiger partial charge in [-0.05, 0) is 74.4 Å². The number of amides is 1. The number of aryl methyl sites for hydroxylation is 1. The van der Waals surface area contributed by atoms with E-state index in [0.717, 1.165) is 16.7 Å². The van der Waals surface area contributed by atoms with Gasteiger partial charge in [0.2, 0.25) is 10.0 Å². The predicted molar refractivity (Wildman–Crippen MR) is 172 cm³/mol. The van der Waals surface area contributed by atoms with Gasteiger partial charge in [0, 0.05) is 17.3 Å². The number of rotatable bonds is 10. The fourth-order valence-electron chi connectivity index (χ4n) is 5.30. The molecule has 4 aromatic rings. The van der Waals surface area contributed by atoms with Crippen molar-refractivity contribution in [1.29, 1.82) is 0 Å². The van der Waals surface area contributed by atoms with Crippen LogP contribution in [0, 0.1) is 6.92 Å². The highest BCUT2D eigenvalue weighted by atomic mass is 35.5.